The number of anilines is 3. The van der Waals surface area contributed by atoms with Crippen molar-refractivity contribution in [2.75, 3.05) is 11.1 Å². The van der Waals surface area contributed by atoms with Crippen molar-refractivity contribution in [3.63, 3.8) is 0 Å². The Hall–Kier alpha value is -2.70. The SMILES string of the molecule is Cc1cccc(F)c1Nc1nc(N)ccc1[N+](=O)[O-]. The highest BCUT2D eigenvalue weighted by Crippen LogP contribution is 2.29. The molecule has 0 aliphatic heterocycles. The number of hydrogen-bond donors (Lipinski definition) is 2. The lowest BCUT2D eigenvalue weighted by Gasteiger charge is -2.10. The van der Waals surface area contributed by atoms with Crippen LogP contribution in [0, 0.1) is 22.9 Å². The first-order chi connectivity index (χ1) is 8.99. The monoisotopic (exact) mass is 262 g/mol. The molecule has 0 aliphatic rings. The van der Waals surface area contributed by atoms with Gasteiger partial charge in [-0.2, -0.15) is 0 Å². The molecule has 0 bridgehead atoms. The molecule has 6 nitrogen and oxygen atoms in total. The molecule has 0 radical (unpaired) electrons. The van der Waals surface area contributed by atoms with Gasteiger partial charge in [0, 0.05) is 6.07 Å². The standard InChI is InChI=1S/C12H11FN4O2/c1-7-3-2-4-8(13)11(7)16-12-9(17(18)19)5-6-10(14)15-12/h2-6H,1H3,(H3,14,15,16). The molecule has 3 N–H and O–H groups in total. The molecule has 0 amide bonds. The number of benzene rings is 1. The molecule has 1 aromatic carbocycles. The largest absolute Gasteiger partial charge is 0.384 e. The minimum absolute atomic E-state index is 0.0850. The van der Waals surface area contributed by atoms with E-state index in [1.807, 2.05) is 0 Å². The maximum Gasteiger partial charge on any atom is 0.311 e. The number of nitrogens with one attached hydrogen (secondary N) is 1. The van der Waals surface area contributed by atoms with E-state index in [4.69, 9.17) is 5.73 Å². The summed E-state index contributed by atoms with van der Waals surface area (Å²) in [6.07, 6.45) is 0. The molecule has 7 heteroatoms. The Balaban J connectivity index is 2.49. The molecule has 0 unspecified atom stereocenters. The number of hydrogen-bond acceptors (Lipinski definition) is 5. The first kappa shape index (κ1) is 12.7. The van der Waals surface area contributed by atoms with Gasteiger partial charge in [0.2, 0.25) is 5.82 Å². The number of nitrogens with two attached hydrogens (primary N) is 1. The maximum atomic E-state index is 13.7. The van der Waals surface area contributed by atoms with Gasteiger partial charge in [0.25, 0.3) is 0 Å². The summed E-state index contributed by atoms with van der Waals surface area (Å²) in [7, 11) is 0. The highest BCUT2D eigenvalue weighted by molar-refractivity contribution is 5.69. The lowest BCUT2D eigenvalue weighted by molar-refractivity contribution is -0.384. The second-order valence-electron chi connectivity index (χ2n) is 3.92. The summed E-state index contributed by atoms with van der Waals surface area (Å²) in [5, 5.41) is 13.5. The van der Waals surface area contributed by atoms with Crippen LogP contribution in [0.2, 0.25) is 0 Å². The Labute approximate surface area is 108 Å². The Kier molecular flexibility index (Phi) is 3.28. The number of nitrogens with zero attached hydrogens (tertiary/aromatic N) is 2. The molecule has 0 saturated carbocycles. The van der Waals surface area contributed by atoms with E-state index < -0.39 is 10.7 Å². The lowest BCUT2D eigenvalue weighted by Crippen LogP contribution is -2.04. The molecular formula is C12H11FN4O2. The normalized spacial score (nSPS) is 10.2. The average molecular weight is 262 g/mol. The van der Waals surface area contributed by atoms with E-state index in [0.717, 1.165) is 0 Å². The fourth-order valence-corrected chi connectivity index (χ4v) is 1.61. The third kappa shape index (κ3) is 2.59. The molecule has 0 spiro atoms. The summed E-state index contributed by atoms with van der Waals surface area (Å²) >= 11 is 0. The van der Waals surface area contributed by atoms with Gasteiger partial charge in [-0.05, 0) is 24.6 Å². The van der Waals surface area contributed by atoms with Gasteiger partial charge in [-0.3, -0.25) is 10.1 Å². The van der Waals surface area contributed by atoms with Gasteiger partial charge in [0.05, 0.1) is 10.6 Å². The Morgan fingerprint density at radius 2 is 2.11 bits per heavy atom. The van der Waals surface area contributed by atoms with Gasteiger partial charge < -0.3 is 11.1 Å². The number of nitrogen functional groups attached to an aromatic ring is 1. The van der Waals surface area contributed by atoms with Crippen LogP contribution in [-0.2, 0) is 0 Å². The summed E-state index contributed by atoms with van der Waals surface area (Å²) < 4.78 is 13.7. The second-order valence-corrected chi connectivity index (χ2v) is 3.92. The van der Waals surface area contributed by atoms with Crippen LogP contribution in [0.15, 0.2) is 30.3 Å². The van der Waals surface area contributed by atoms with Crippen LogP contribution in [0.3, 0.4) is 0 Å². The van der Waals surface area contributed by atoms with Crippen LogP contribution in [0.4, 0.5) is 27.4 Å². The highest BCUT2D eigenvalue weighted by atomic mass is 19.1. The lowest BCUT2D eigenvalue weighted by atomic mass is 10.2. The molecule has 2 rings (SSSR count). The van der Waals surface area contributed by atoms with Gasteiger partial charge in [-0.1, -0.05) is 12.1 Å². The maximum absolute atomic E-state index is 13.7. The van der Waals surface area contributed by atoms with E-state index in [9.17, 15) is 14.5 Å². The summed E-state index contributed by atoms with van der Waals surface area (Å²) in [6.45, 7) is 1.68. The number of rotatable bonds is 3. The Morgan fingerprint density at radius 1 is 1.37 bits per heavy atom. The molecule has 0 aliphatic carbocycles. The van der Waals surface area contributed by atoms with E-state index in [0.29, 0.717) is 5.56 Å². The smallest absolute Gasteiger partial charge is 0.311 e. The van der Waals surface area contributed by atoms with Crippen LogP contribution in [0.5, 0.6) is 0 Å². The quantitative estimate of drug-likeness (QED) is 0.655. The van der Waals surface area contributed by atoms with E-state index in [1.54, 1.807) is 19.1 Å². The first-order valence-electron chi connectivity index (χ1n) is 5.42. The number of aryl methyl sites for hydroxylation is 1. The van der Waals surface area contributed by atoms with Crippen LogP contribution >= 0.6 is 0 Å². The van der Waals surface area contributed by atoms with Gasteiger partial charge in [0.15, 0.2) is 0 Å². The third-order valence-corrected chi connectivity index (χ3v) is 2.56. The van der Waals surface area contributed by atoms with Crippen molar-refractivity contribution in [3.05, 3.63) is 51.8 Å². The summed E-state index contributed by atoms with van der Waals surface area (Å²) in [4.78, 5) is 14.1. The molecule has 0 saturated heterocycles. The van der Waals surface area contributed by atoms with Gasteiger partial charge in [-0.25, -0.2) is 9.37 Å². The zero-order chi connectivity index (χ0) is 14.0. The summed E-state index contributed by atoms with van der Waals surface area (Å²) in [6, 6.07) is 7.03. The zero-order valence-corrected chi connectivity index (χ0v) is 10.1. The molecule has 19 heavy (non-hydrogen) atoms. The van der Waals surface area contributed by atoms with Crippen molar-refractivity contribution in [2.45, 2.75) is 6.92 Å². The van der Waals surface area contributed by atoms with E-state index in [-0.39, 0.29) is 23.0 Å². The van der Waals surface area contributed by atoms with Crippen molar-refractivity contribution in [2.24, 2.45) is 0 Å². The average Bonchev–Trinajstić information content (AvgIpc) is 2.33. The number of nitro groups is 1. The minimum atomic E-state index is -0.606. The predicted octanol–water partition coefficient (Wildman–Crippen LogP) is 2.76. The Morgan fingerprint density at radius 3 is 2.74 bits per heavy atom. The first-order valence-corrected chi connectivity index (χ1v) is 5.42. The fraction of sp³-hybridized carbons (Fsp3) is 0.0833. The third-order valence-electron chi connectivity index (χ3n) is 2.56. The molecule has 1 aromatic heterocycles. The number of pyridine rings is 1. The van der Waals surface area contributed by atoms with Gasteiger partial charge >= 0.3 is 5.69 Å². The summed E-state index contributed by atoms with van der Waals surface area (Å²) in [5.74, 6) is -0.487. The molecule has 1 heterocycles. The van der Waals surface area contributed by atoms with Crippen molar-refractivity contribution in [1.82, 2.24) is 4.98 Å². The molecule has 0 fully saturated rings. The van der Waals surface area contributed by atoms with Crippen molar-refractivity contribution in [1.29, 1.82) is 0 Å². The van der Waals surface area contributed by atoms with E-state index in [1.165, 1.54) is 18.2 Å². The zero-order valence-electron chi connectivity index (χ0n) is 10.1. The van der Waals surface area contributed by atoms with Crippen LogP contribution in [0.25, 0.3) is 0 Å². The molecular weight excluding hydrogens is 251 g/mol. The molecule has 0 atom stereocenters. The molecule has 98 valence electrons. The topological polar surface area (TPSA) is 94.1 Å². The minimum Gasteiger partial charge on any atom is -0.384 e. The number of halogens is 1. The Bertz CT molecular complexity index is 625. The number of para-hydroxylation sites is 1. The van der Waals surface area contributed by atoms with Gasteiger partial charge in [-0.15, -0.1) is 0 Å². The summed E-state index contributed by atoms with van der Waals surface area (Å²) in [5.41, 5.74) is 5.98. The van der Waals surface area contributed by atoms with Crippen molar-refractivity contribution in [3.8, 4) is 0 Å². The van der Waals surface area contributed by atoms with E-state index in [2.05, 4.69) is 10.3 Å². The van der Waals surface area contributed by atoms with Crippen LogP contribution < -0.4 is 11.1 Å². The van der Waals surface area contributed by atoms with E-state index >= 15 is 0 Å². The number of aromatic nitrogens is 1. The predicted molar refractivity (Wildman–Crippen MR) is 69.7 cm³/mol. The van der Waals surface area contributed by atoms with Crippen molar-refractivity contribution < 1.29 is 9.31 Å². The van der Waals surface area contributed by atoms with Crippen molar-refractivity contribution >= 4 is 23.0 Å². The second kappa shape index (κ2) is 4.89. The highest BCUT2D eigenvalue weighted by Gasteiger charge is 2.17. The van der Waals surface area contributed by atoms with Crippen LogP contribution in [0.1, 0.15) is 5.56 Å². The fourth-order valence-electron chi connectivity index (χ4n) is 1.61. The van der Waals surface area contributed by atoms with Gasteiger partial charge in [0.1, 0.15) is 11.6 Å². The van der Waals surface area contributed by atoms with Crippen LogP contribution in [-0.4, -0.2) is 9.91 Å². The molecule has 2 aromatic rings.